The zero-order valence-corrected chi connectivity index (χ0v) is 9.95. The highest BCUT2D eigenvalue weighted by Crippen LogP contribution is 1.97. The molecule has 0 spiro atoms. The Morgan fingerprint density at radius 3 is 2.71 bits per heavy atom. The van der Waals surface area contributed by atoms with Gasteiger partial charge in [-0.15, -0.1) is 0 Å². The first-order valence-electron chi connectivity index (χ1n) is 5.22. The Hall–Kier alpha value is -2.07. The molecule has 0 aliphatic heterocycles. The topological polar surface area (TPSA) is 99.0 Å². The lowest BCUT2D eigenvalue weighted by atomic mass is 10.1. The van der Waals surface area contributed by atoms with E-state index in [9.17, 15) is 4.79 Å². The zero-order valence-electron chi connectivity index (χ0n) is 9.95. The Labute approximate surface area is 99.9 Å². The van der Waals surface area contributed by atoms with Gasteiger partial charge in [0, 0.05) is 23.9 Å². The van der Waals surface area contributed by atoms with Crippen molar-refractivity contribution in [2.24, 2.45) is 11.0 Å². The molecule has 17 heavy (non-hydrogen) atoms. The first-order valence-corrected chi connectivity index (χ1v) is 5.22. The molecule has 1 rings (SSSR count). The van der Waals surface area contributed by atoms with Crippen molar-refractivity contribution in [3.05, 3.63) is 40.5 Å². The SMILES string of the molecule is CC(C)CCN=[N+]=[N-].O=C(O)c1cccnc1. The predicted molar refractivity (Wildman–Crippen MR) is 64.7 cm³/mol. The maximum Gasteiger partial charge on any atom is 0.337 e. The lowest BCUT2D eigenvalue weighted by molar-refractivity contribution is 0.0696. The molecule has 0 aromatic carbocycles. The van der Waals surface area contributed by atoms with Gasteiger partial charge >= 0.3 is 5.97 Å². The smallest absolute Gasteiger partial charge is 0.337 e. The predicted octanol–water partition coefficient (Wildman–Crippen LogP) is 3.12. The number of carboxylic acids is 1. The molecule has 6 heteroatoms. The van der Waals surface area contributed by atoms with E-state index >= 15 is 0 Å². The third-order valence-electron chi connectivity index (χ3n) is 1.78. The van der Waals surface area contributed by atoms with Crippen LogP contribution in [0.3, 0.4) is 0 Å². The van der Waals surface area contributed by atoms with E-state index in [1.54, 1.807) is 6.07 Å². The van der Waals surface area contributed by atoms with Crippen LogP contribution in [0.15, 0.2) is 29.6 Å². The summed E-state index contributed by atoms with van der Waals surface area (Å²) in [6, 6.07) is 3.08. The standard InChI is InChI=1S/C6H5NO2.C5H11N3/c8-6(9)5-2-1-3-7-4-5;1-5(2)3-4-7-8-6/h1-4H,(H,8,9);5H,3-4H2,1-2H3. The first-order chi connectivity index (χ1) is 8.07. The van der Waals surface area contributed by atoms with E-state index in [1.807, 2.05) is 0 Å². The van der Waals surface area contributed by atoms with E-state index in [0.717, 1.165) is 6.42 Å². The normalized spacial score (nSPS) is 8.88. The highest BCUT2D eigenvalue weighted by molar-refractivity contribution is 5.86. The molecule has 1 heterocycles. The third-order valence-corrected chi connectivity index (χ3v) is 1.78. The second kappa shape index (κ2) is 9.18. The van der Waals surface area contributed by atoms with E-state index < -0.39 is 5.97 Å². The zero-order chi connectivity index (χ0) is 13.1. The molecule has 0 fully saturated rings. The van der Waals surface area contributed by atoms with E-state index in [2.05, 4.69) is 28.9 Å². The summed E-state index contributed by atoms with van der Waals surface area (Å²) in [6.45, 7) is 4.84. The number of azide groups is 1. The fourth-order valence-corrected chi connectivity index (χ4v) is 0.850. The number of aromatic nitrogens is 1. The van der Waals surface area contributed by atoms with Crippen molar-refractivity contribution in [1.82, 2.24) is 4.98 Å². The van der Waals surface area contributed by atoms with Gasteiger partial charge in [-0.25, -0.2) is 4.79 Å². The van der Waals surface area contributed by atoms with Crippen LogP contribution in [0.25, 0.3) is 10.4 Å². The molecule has 6 nitrogen and oxygen atoms in total. The molecule has 1 aromatic rings. The van der Waals surface area contributed by atoms with Crippen molar-refractivity contribution in [2.75, 3.05) is 6.54 Å². The minimum absolute atomic E-state index is 0.220. The van der Waals surface area contributed by atoms with Crippen LogP contribution < -0.4 is 0 Å². The first kappa shape index (κ1) is 14.9. The van der Waals surface area contributed by atoms with Gasteiger partial charge in [0.2, 0.25) is 0 Å². The molecule has 0 aliphatic rings. The van der Waals surface area contributed by atoms with Crippen LogP contribution in [0.5, 0.6) is 0 Å². The Kier molecular flexibility index (Phi) is 8.06. The van der Waals surface area contributed by atoms with E-state index in [1.165, 1.54) is 18.5 Å². The molecule has 0 atom stereocenters. The van der Waals surface area contributed by atoms with Crippen molar-refractivity contribution >= 4 is 5.97 Å². The Balaban J connectivity index is 0.000000304. The summed E-state index contributed by atoms with van der Waals surface area (Å²) in [5.41, 5.74) is 8.06. The molecular weight excluding hydrogens is 220 g/mol. The Bertz CT molecular complexity index is 372. The summed E-state index contributed by atoms with van der Waals surface area (Å²) in [6.07, 6.45) is 3.83. The fourth-order valence-electron chi connectivity index (χ4n) is 0.850. The lowest BCUT2D eigenvalue weighted by Crippen LogP contribution is -1.94. The maximum atomic E-state index is 10.2. The summed E-state index contributed by atoms with van der Waals surface area (Å²) in [4.78, 5) is 16.4. The van der Waals surface area contributed by atoms with Crippen LogP contribution in [-0.2, 0) is 0 Å². The second-order valence-corrected chi connectivity index (χ2v) is 3.68. The van der Waals surface area contributed by atoms with Gasteiger partial charge in [-0.2, -0.15) is 0 Å². The molecule has 0 saturated heterocycles. The minimum Gasteiger partial charge on any atom is -0.478 e. The molecule has 1 aromatic heterocycles. The second-order valence-electron chi connectivity index (χ2n) is 3.68. The molecule has 0 amide bonds. The number of aromatic carboxylic acids is 1. The van der Waals surface area contributed by atoms with Crippen LogP contribution in [-0.4, -0.2) is 22.6 Å². The largest absolute Gasteiger partial charge is 0.478 e. The molecule has 0 unspecified atom stereocenters. The molecular formula is C11H16N4O2. The van der Waals surface area contributed by atoms with Crippen LogP contribution in [0, 0.1) is 5.92 Å². The molecule has 92 valence electrons. The van der Waals surface area contributed by atoms with Gasteiger partial charge in [-0.1, -0.05) is 19.0 Å². The van der Waals surface area contributed by atoms with Gasteiger partial charge in [0.25, 0.3) is 0 Å². The van der Waals surface area contributed by atoms with Gasteiger partial charge in [0.15, 0.2) is 0 Å². The maximum absolute atomic E-state index is 10.2. The summed E-state index contributed by atoms with van der Waals surface area (Å²) in [5.74, 6) is -0.302. The average molecular weight is 236 g/mol. The van der Waals surface area contributed by atoms with Crippen LogP contribution in [0.1, 0.15) is 30.6 Å². The number of pyridine rings is 1. The van der Waals surface area contributed by atoms with Crippen molar-refractivity contribution < 1.29 is 9.90 Å². The van der Waals surface area contributed by atoms with Crippen molar-refractivity contribution in [3.63, 3.8) is 0 Å². The van der Waals surface area contributed by atoms with Crippen LogP contribution in [0.2, 0.25) is 0 Å². The summed E-state index contributed by atoms with van der Waals surface area (Å²) >= 11 is 0. The minimum atomic E-state index is -0.942. The molecule has 0 saturated carbocycles. The molecule has 0 radical (unpaired) electrons. The molecule has 0 aliphatic carbocycles. The van der Waals surface area contributed by atoms with E-state index in [-0.39, 0.29) is 5.56 Å². The van der Waals surface area contributed by atoms with E-state index in [0.29, 0.717) is 12.5 Å². The highest BCUT2D eigenvalue weighted by atomic mass is 16.4. The number of nitrogens with zero attached hydrogens (tertiary/aromatic N) is 4. The summed E-state index contributed by atoms with van der Waals surface area (Å²) in [5, 5.41) is 11.7. The van der Waals surface area contributed by atoms with Gasteiger partial charge in [0.1, 0.15) is 0 Å². The number of hydrogen-bond acceptors (Lipinski definition) is 3. The Morgan fingerprint density at radius 2 is 2.35 bits per heavy atom. The highest BCUT2D eigenvalue weighted by Gasteiger charge is 1.97. The molecule has 1 N–H and O–H groups in total. The van der Waals surface area contributed by atoms with Gasteiger partial charge < -0.3 is 5.11 Å². The van der Waals surface area contributed by atoms with Crippen molar-refractivity contribution in [1.29, 1.82) is 0 Å². The monoisotopic (exact) mass is 236 g/mol. The summed E-state index contributed by atoms with van der Waals surface area (Å²) < 4.78 is 0. The van der Waals surface area contributed by atoms with Gasteiger partial charge in [-0.05, 0) is 30.0 Å². The quantitative estimate of drug-likeness (QED) is 0.493. The van der Waals surface area contributed by atoms with Crippen LogP contribution >= 0.6 is 0 Å². The van der Waals surface area contributed by atoms with E-state index in [4.69, 9.17) is 10.6 Å². The van der Waals surface area contributed by atoms with Gasteiger partial charge in [0.05, 0.1) is 5.56 Å². The summed E-state index contributed by atoms with van der Waals surface area (Å²) in [7, 11) is 0. The van der Waals surface area contributed by atoms with Crippen LogP contribution in [0.4, 0.5) is 0 Å². The number of hydrogen-bond donors (Lipinski definition) is 1. The lowest BCUT2D eigenvalue weighted by Gasteiger charge is -1.96. The fraction of sp³-hybridized carbons (Fsp3) is 0.455. The number of carboxylic acid groups (broad SMARTS) is 1. The Morgan fingerprint density at radius 1 is 1.65 bits per heavy atom. The average Bonchev–Trinajstić information content (AvgIpc) is 2.31. The number of carbonyl (C=O) groups is 1. The van der Waals surface area contributed by atoms with Crippen molar-refractivity contribution in [2.45, 2.75) is 20.3 Å². The van der Waals surface area contributed by atoms with Crippen molar-refractivity contribution in [3.8, 4) is 0 Å². The molecule has 0 bridgehead atoms. The third kappa shape index (κ3) is 8.89. The van der Waals surface area contributed by atoms with Gasteiger partial charge in [-0.3, -0.25) is 4.98 Å². The number of rotatable bonds is 4.